The Morgan fingerprint density at radius 3 is 2.57 bits per heavy atom. The van der Waals surface area contributed by atoms with Crippen LogP contribution >= 0.6 is 0 Å². The lowest BCUT2D eigenvalue weighted by Crippen LogP contribution is -2.44. The van der Waals surface area contributed by atoms with Gasteiger partial charge in [-0.05, 0) is 35.9 Å². The highest BCUT2D eigenvalue weighted by atomic mass is 16.5. The monoisotopic (exact) mass is 405 g/mol. The lowest BCUT2D eigenvalue weighted by atomic mass is 10.0. The molecule has 30 heavy (non-hydrogen) atoms. The average Bonchev–Trinajstić information content (AvgIpc) is 3.19. The van der Waals surface area contributed by atoms with E-state index in [1.807, 2.05) is 30.3 Å². The van der Waals surface area contributed by atoms with Gasteiger partial charge in [-0.3, -0.25) is 4.79 Å². The van der Waals surface area contributed by atoms with Crippen molar-refractivity contribution in [3.8, 4) is 6.07 Å². The zero-order valence-corrected chi connectivity index (χ0v) is 16.2. The summed E-state index contributed by atoms with van der Waals surface area (Å²) in [6, 6.07) is 14.4. The number of H-pyrrole nitrogens is 1. The second-order valence-electron chi connectivity index (χ2n) is 6.47. The molecule has 3 aromatic rings. The van der Waals surface area contributed by atoms with E-state index in [0.29, 0.717) is 5.56 Å². The number of hydrogen-bond acceptors (Lipinski definition) is 6. The number of nitriles is 1. The molecule has 1 atom stereocenters. The third kappa shape index (κ3) is 4.83. The Kier molecular flexibility index (Phi) is 6.45. The number of esters is 2. The van der Waals surface area contributed by atoms with Crippen LogP contribution in [0, 0.1) is 11.3 Å². The van der Waals surface area contributed by atoms with Crippen molar-refractivity contribution in [1.82, 2.24) is 10.3 Å². The summed E-state index contributed by atoms with van der Waals surface area (Å²) in [4.78, 5) is 39.6. The van der Waals surface area contributed by atoms with Gasteiger partial charge in [-0.15, -0.1) is 0 Å². The van der Waals surface area contributed by atoms with E-state index in [4.69, 9.17) is 14.7 Å². The Hall–Kier alpha value is -4.12. The number of amides is 1. The van der Waals surface area contributed by atoms with Crippen molar-refractivity contribution in [3.63, 3.8) is 0 Å². The average molecular weight is 405 g/mol. The first kappa shape index (κ1) is 20.6. The van der Waals surface area contributed by atoms with E-state index in [-0.39, 0.29) is 12.0 Å². The maximum atomic E-state index is 12.3. The largest absolute Gasteiger partial charge is 0.467 e. The third-order valence-electron chi connectivity index (χ3n) is 4.50. The Bertz CT molecular complexity index is 1110. The highest BCUT2D eigenvalue weighted by Gasteiger charge is 2.24. The van der Waals surface area contributed by atoms with Crippen LogP contribution in [0.1, 0.15) is 21.5 Å². The molecule has 8 heteroatoms. The molecule has 0 saturated heterocycles. The molecule has 1 heterocycles. The molecule has 0 unspecified atom stereocenters. The van der Waals surface area contributed by atoms with Gasteiger partial charge in [0.05, 0.1) is 24.3 Å². The van der Waals surface area contributed by atoms with E-state index in [9.17, 15) is 14.4 Å². The second kappa shape index (κ2) is 9.39. The predicted octanol–water partition coefficient (Wildman–Crippen LogP) is 2.10. The fourth-order valence-corrected chi connectivity index (χ4v) is 2.99. The molecule has 8 nitrogen and oxygen atoms in total. The van der Waals surface area contributed by atoms with Crippen molar-refractivity contribution >= 4 is 28.7 Å². The van der Waals surface area contributed by atoms with Gasteiger partial charge < -0.3 is 19.8 Å². The van der Waals surface area contributed by atoms with Crippen LogP contribution in [0.5, 0.6) is 0 Å². The smallest absolute Gasteiger partial charge is 0.338 e. The summed E-state index contributed by atoms with van der Waals surface area (Å²) in [6.07, 6.45) is 1.99. The highest BCUT2D eigenvalue weighted by molar-refractivity contribution is 5.92. The van der Waals surface area contributed by atoms with Gasteiger partial charge in [-0.1, -0.05) is 18.2 Å². The van der Waals surface area contributed by atoms with Crippen molar-refractivity contribution in [3.05, 3.63) is 71.4 Å². The normalized spacial score (nSPS) is 11.3. The number of benzene rings is 2. The maximum Gasteiger partial charge on any atom is 0.338 e. The van der Waals surface area contributed by atoms with Crippen LogP contribution in [0.4, 0.5) is 0 Å². The molecule has 3 rings (SSSR count). The standard InChI is InChI=1S/C22H19N3O5/c1-29-22(28)19(10-16-12-24-18-5-3-2-4-17(16)18)25-20(26)13-30-21(27)15-8-6-14(11-23)7-9-15/h2-9,12,19,24H,10,13H2,1H3,(H,25,26)/t19-/m1/s1. The first-order valence-corrected chi connectivity index (χ1v) is 9.11. The highest BCUT2D eigenvalue weighted by Crippen LogP contribution is 2.19. The number of rotatable bonds is 7. The minimum Gasteiger partial charge on any atom is -0.467 e. The molecule has 1 aromatic heterocycles. The molecule has 0 fully saturated rings. The van der Waals surface area contributed by atoms with Crippen LogP contribution in [0.15, 0.2) is 54.7 Å². The molecule has 0 radical (unpaired) electrons. The molecule has 0 aliphatic carbocycles. The number of aromatic nitrogens is 1. The zero-order valence-electron chi connectivity index (χ0n) is 16.2. The van der Waals surface area contributed by atoms with Crippen molar-refractivity contribution < 1.29 is 23.9 Å². The number of nitrogens with zero attached hydrogens (tertiary/aromatic N) is 1. The number of ether oxygens (including phenoxy) is 2. The zero-order chi connectivity index (χ0) is 21.5. The molecule has 0 bridgehead atoms. The van der Waals surface area contributed by atoms with Crippen LogP contribution in [-0.2, 0) is 25.5 Å². The molecular weight excluding hydrogens is 386 g/mol. The molecule has 152 valence electrons. The summed E-state index contributed by atoms with van der Waals surface area (Å²) >= 11 is 0. The van der Waals surface area contributed by atoms with Crippen LogP contribution in [0.3, 0.4) is 0 Å². The molecule has 2 aromatic carbocycles. The topological polar surface area (TPSA) is 121 Å². The number of methoxy groups -OCH3 is 1. The summed E-state index contributed by atoms with van der Waals surface area (Å²) in [5.74, 6) is -1.94. The minimum absolute atomic E-state index is 0.213. The van der Waals surface area contributed by atoms with Gasteiger partial charge in [-0.2, -0.15) is 5.26 Å². The van der Waals surface area contributed by atoms with Crippen molar-refractivity contribution in [2.45, 2.75) is 12.5 Å². The first-order valence-electron chi connectivity index (χ1n) is 9.11. The van der Waals surface area contributed by atoms with E-state index in [2.05, 4.69) is 10.3 Å². The van der Waals surface area contributed by atoms with E-state index in [0.717, 1.165) is 16.5 Å². The quantitative estimate of drug-likeness (QED) is 0.581. The van der Waals surface area contributed by atoms with Crippen LogP contribution in [0.25, 0.3) is 10.9 Å². The van der Waals surface area contributed by atoms with Crippen LogP contribution in [0.2, 0.25) is 0 Å². The lowest BCUT2D eigenvalue weighted by molar-refractivity contribution is -0.145. The van der Waals surface area contributed by atoms with E-state index >= 15 is 0 Å². The fourth-order valence-electron chi connectivity index (χ4n) is 2.99. The lowest BCUT2D eigenvalue weighted by Gasteiger charge is -2.16. The van der Waals surface area contributed by atoms with Gasteiger partial charge in [0.15, 0.2) is 6.61 Å². The Morgan fingerprint density at radius 2 is 1.87 bits per heavy atom. The number of hydrogen-bond donors (Lipinski definition) is 2. The Morgan fingerprint density at radius 1 is 1.13 bits per heavy atom. The Balaban J connectivity index is 1.61. The summed E-state index contributed by atoms with van der Waals surface area (Å²) < 4.78 is 9.78. The maximum absolute atomic E-state index is 12.3. The molecule has 2 N–H and O–H groups in total. The number of para-hydroxylation sites is 1. The third-order valence-corrected chi connectivity index (χ3v) is 4.50. The van der Waals surface area contributed by atoms with Crippen molar-refractivity contribution in [1.29, 1.82) is 5.26 Å². The molecular formula is C22H19N3O5. The first-order chi connectivity index (χ1) is 14.5. The molecule has 0 aliphatic rings. The van der Waals surface area contributed by atoms with Gasteiger partial charge in [0.2, 0.25) is 0 Å². The van der Waals surface area contributed by atoms with E-state index < -0.39 is 30.5 Å². The molecule has 0 spiro atoms. The van der Waals surface area contributed by atoms with Gasteiger partial charge >= 0.3 is 11.9 Å². The summed E-state index contributed by atoms with van der Waals surface area (Å²) in [5.41, 5.74) is 2.38. The number of nitrogens with one attached hydrogen (secondary N) is 2. The number of fused-ring (bicyclic) bond motifs is 1. The minimum atomic E-state index is -0.935. The SMILES string of the molecule is COC(=O)[C@@H](Cc1c[nH]c2ccccc12)NC(=O)COC(=O)c1ccc(C#N)cc1. The van der Waals surface area contributed by atoms with E-state index in [1.54, 1.807) is 6.20 Å². The van der Waals surface area contributed by atoms with Gasteiger partial charge in [0.25, 0.3) is 5.91 Å². The van der Waals surface area contributed by atoms with Crippen LogP contribution < -0.4 is 5.32 Å². The summed E-state index contributed by atoms with van der Waals surface area (Å²) in [6.45, 7) is -0.555. The molecule has 0 saturated carbocycles. The van der Waals surface area contributed by atoms with Gasteiger partial charge in [0.1, 0.15) is 6.04 Å². The van der Waals surface area contributed by atoms with Crippen molar-refractivity contribution in [2.24, 2.45) is 0 Å². The second-order valence-corrected chi connectivity index (χ2v) is 6.47. The summed E-state index contributed by atoms with van der Waals surface area (Å²) in [5, 5.41) is 12.3. The molecule has 1 amide bonds. The predicted molar refractivity (Wildman–Crippen MR) is 107 cm³/mol. The fraction of sp³-hybridized carbons (Fsp3) is 0.182. The molecule has 0 aliphatic heterocycles. The number of carbonyl (C=O) groups excluding carboxylic acids is 3. The van der Waals surface area contributed by atoms with Gasteiger partial charge in [-0.25, -0.2) is 9.59 Å². The number of aromatic amines is 1. The van der Waals surface area contributed by atoms with Gasteiger partial charge in [0, 0.05) is 23.5 Å². The summed E-state index contributed by atoms with van der Waals surface area (Å²) in [7, 11) is 1.24. The number of carbonyl (C=O) groups is 3. The van der Waals surface area contributed by atoms with E-state index in [1.165, 1.54) is 31.4 Å². The Labute approximate surface area is 172 Å². The van der Waals surface area contributed by atoms with Crippen molar-refractivity contribution in [2.75, 3.05) is 13.7 Å². The van der Waals surface area contributed by atoms with Crippen LogP contribution in [-0.4, -0.2) is 42.6 Å².